The van der Waals surface area contributed by atoms with E-state index in [1.807, 2.05) is 0 Å². The Hall–Kier alpha value is -0.0400. The van der Waals surface area contributed by atoms with Gasteiger partial charge >= 0.3 is 0 Å². The van der Waals surface area contributed by atoms with Crippen LogP contribution in [-0.2, 0) is 0 Å². The monoisotopic (exact) mass is 253 g/mol. The molecule has 0 saturated heterocycles. The molecule has 1 saturated carbocycles. The molecule has 1 heteroatoms. The number of rotatable bonds is 3. The van der Waals surface area contributed by atoms with Crippen molar-refractivity contribution in [2.75, 3.05) is 6.54 Å². The van der Waals surface area contributed by atoms with Gasteiger partial charge in [0.05, 0.1) is 0 Å². The summed E-state index contributed by atoms with van der Waals surface area (Å²) >= 11 is 0. The summed E-state index contributed by atoms with van der Waals surface area (Å²) in [5.74, 6) is 1.85. The van der Waals surface area contributed by atoms with Gasteiger partial charge in [0.1, 0.15) is 0 Å². The van der Waals surface area contributed by atoms with Gasteiger partial charge in [-0.15, -0.1) is 0 Å². The molecule has 1 aliphatic carbocycles. The van der Waals surface area contributed by atoms with E-state index in [4.69, 9.17) is 0 Å². The minimum absolute atomic E-state index is 0.378. The van der Waals surface area contributed by atoms with Crippen LogP contribution in [0.5, 0.6) is 0 Å². The van der Waals surface area contributed by atoms with E-state index in [1.54, 1.807) is 0 Å². The lowest BCUT2D eigenvalue weighted by Crippen LogP contribution is -2.41. The maximum atomic E-state index is 3.75. The summed E-state index contributed by atoms with van der Waals surface area (Å²) in [5, 5.41) is 3.75. The molecular formula is C17H35N. The van der Waals surface area contributed by atoms with E-state index in [1.165, 1.54) is 32.2 Å². The van der Waals surface area contributed by atoms with E-state index in [2.05, 4.69) is 53.8 Å². The molecule has 0 aromatic heterocycles. The Bertz CT molecular complexity index is 235. The third kappa shape index (κ3) is 4.91. The highest BCUT2D eigenvalue weighted by Crippen LogP contribution is 2.39. The molecule has 0 bridgehead atoms. The van der Waals surface area contributed by atoms with Crippen molar-refractivity contribution in [2.24, 2.45) is 22.7 Å². The van der Waals surface area contributed by atoms with Crippen LogP contribution >= 0.6 is 0 Å². The molecule has 0 aliphatic heterocycles. The van der Waals surface area contributed by atoms with Crippen molar-refractivity contribution >= 4 is 0 Å². The van der Waals surface area contributed by atoms with Crippen LogP contribution in [0.1, 0.15) is 74.1 Å². The van der Waals surface area contributed by atoms with E-state index in [0.717, 1.165) is 11.8 Å². The minimum atomic E-state index is 0.378. The zero-order valence-electron chi connectivity index (χ0n) is 13.8. The summed E-state index contributed by atoms with van der Waals surface area (Å²) in [6.45, 7) is 17.7. The van der Waals surface area contributed by atoms with Crippen LogP contribution in [0.2, 0.25) is 0 Å². The van der Waals surface area contributed by atoms with Gasteiger partial charge in [-0.05, 0) is 61.8 Å². The number of hydrogen-bond donors (Lipinski definition) is 1. The molecule has 1 unspecified atom stereocenters. The predicted molar refractivity (Wildman–Crippen MR) is 81.8 cm³/mol. The number of hydrogen-bond acceptors (Lipinski definition) is 1. The third-order valence-electron chi connectivity index (χ3n) is 5.08. The van der Waals surface area contributed by atoms with E-state index in [0.29, 0.717) is 16.9 Å². The van der Waals surface area contributed by atoms with Crippen LogP contribution in [0.4, 0.5) is 0 Å². The lowest BCUT2D eigenvalue weighted by Gasteiger charge is -2.38. The molecule has 0 radical (unpaired) electrons. The van der Waals surface area contributed by atoms with Gasteiger partial charge in [-0.2, -0.15) is 0 Å². The molecule has 0 aromatic carbocycles. The van der Waals surface area contributed by atoms with Crippen molar-refractivity contribution in [3.63, 3.8) is 0 Å². The SMILES string of the molecule is CC(NCC1CCC(C(C)(C)C)CC1)C(C)(C)C. The summed E-state index contributed by atoms with van der Waals surface area (Å²) in [6, 6.07) is 0.609. The van der Waals surface area contributed by atoms with Crippen LogP contribution in [-0.4, -0.2) is 12.6 Å². The number of nitrogens with one attached hydrogen (secondary N) is 1. The molecule has 0 spiro atoms. The Balaban J connectivity index is 2.28. The molecule has 108 valence electrons. The van der Waals surface area contributed by atoms with Gasteiger partial charge in [-0.3, -0.25) is 0 Å². The molecule has 1 atom stereocenters. The largest absolute Gasteiger partial charge is 0.313 e. The smallest absolute Gasteiger partial charge is 0.00873 e. The van der Waals surface area contributed by atoms with Gasteiger partial charge in [0, 0.05) is 6.04 Å². The normalized spacial score (nSPS) is 28.2. The van der Waals surface area contributed by atoms with Gasteiger partial charge < -0.3 is 5.32 Å². The third-order valence-corrected chi connectivity index (χ3v) is 5.08. The Morgan fingerprint density at radius 3 is 1.83 bits per heavy atom. The maximum Gasteiger partial charge on any atom is 0.00873 e. The van der Waals surface area contributed by atoms with E-state index in [-0.39, 0.29) is 0 Å². The lowest BCUT2D eigenvalue weighted by molar-refractivity contribution is 0.144. The van der Waals surface area contributed by atoms with Crippen LogP contribution in [0, 0.1) is 22.7 Å². The quantitative estimate of drug-likeness (QED) is 0.757. The second kappa shape index (κ2) is 5.94. The molecular weight excluding hydrogens is 218 g/mol. The van der Waals surface area contributed by atoms with Gasteiger partial charge in [-0.25, -0.2) is 0 Å². The molecule has 0 heterocycles. The van der Waals surface area contributed by atoms with Crippen LogP contribution in [0.15, 0.2) is 0 Å². The molecule has 18 heavy (non-hydrogen) atoms. The molecule has 1 rings (SSSR count). The van der Waals surface area contributed by atoms with Gasteiger partial charge in [-0.1, -0.05) is 41.5 Å². The molecule has 0 aromatic rings. The zero-order valence-corrected chi connectivity index (χ0v) is 13.8. The average Bonchev–Trinajstić information content (AvgIpc) is 2.24. The Morgan fingerprint density at radius 2 is 1.44 bits per heavy atom. The van der Waals surface area contributed by atoms with Crippen molar-refractivity contribution in [3.8, 4) is 0 Å². The van der Waals surface area contributed by atoms with E-state index >= 15 is 0 Å². The summed E-state index contributed by atoms with van der Waals surface area (Å²) in [4.78, 5) is 0. The van der Waals surface area contributed by atoms with Crippen molar-refractivity contribution < 1.29 is 0 Å². The van der Waals surface area contributed by atoms with Crippen LogP contribution < -0.4 is 5.32 Å². The summed E-state index contributed by atoms with van der Waals surface area (Å²) in [7, 11) is 0. The highest BCUT2D eigenvalue weighted by atomic mass is 14.9. The van der Waals surface area contributed by atoms with Crippen molar-refractivity contribution in [1.29, 1.82) is 0 Å². The highest BCUT2D eigenvalue weighted by molar-refractivity contribution is 4.83. The van der Waals surface area contributed by atoms with E-state index in [9.17, 15) is 0 Å². The highest BCUT2D eigenvalue weighted by Gasteiger charge is 2.30. The average molecular weight is 253 g/mol. The Morgan fingerprint density at radius 1 is 0.944 bits per heavy atom. The van der Waals surface area contributed by atoms with Crippen LogP contribution in [0.25, 0.3) is 0 Å². The fourth-order valence-electron chi connectivity index (χ4n) is 2.88. The van der Waals surface area contributed by atoms with Gasteiger partial charge in [0.2, 0.25) is 0 Å². The first kappa shape index (κ1) is 16.0. The first-order valence-electron chi connectivity index (χ1n) is 7.84. The van der Waals surface area contributed by atoms with Gasteiger partial charge in [0.25, 0.3) is 0 Å². The molecule has 1 fully saturated rings. The molecule has 0 amide bonds. The van der Waals surface area contributed by atoms with Crippen LogP contribution in [0.3, 0.4) is 0 Å². The Labute approximate surface area is 115 Å². The topological polar surface area (TPSA) is 12.0 Å². The first-order chi connectivity index (χ1) is 8.10. The predicted octanol–water partition coefficient (Wildman–Crippen LogP) is 4.86. The summed E-state index contributed by atoms with van der Waals surface area (Å²) in [5.41, 5.74) is 0.889. The fraction of sp³-hybridized carbons (Fsp3) is 1.00. The molecule has 1 aliphatic rings. The van der Waals surface area contributed by atoms with Crippen molar-refractivity contribution in [3.05, 3.63) is 0 Å². The summed E-state index contributed by atoms with van der Waals surface area (Å²) < 4.78 is 0. The maximum absolute atomic E-state index is 3.75. The van der Waals surface area contributed by atoms with Crippen molar-refractivity contribution in [1.82, 2.24) is 5.32 Å². The second-order valence-electron chi connectivity index (χ2n) is 8.58. The second-order valence-corrected chi connectivity index (χ2v) is 8.58. The summed E-state index contributed by atoms with van der Waals surface area (Å²) in [6.07, 6.45) is 5.71. The molecule has 1 N–H and O–H groups in total. The zero-order chi connectivity index (χ0) is 14.0. The Kier molecular flexibility index (Phi) is 5.29. The molecule has 1 nitrogen and oxygen atoms in total. The lowest BCUT2D eigenvalue weighted by atomic mass is 9.70. The standard InChI is InChI=1S/C17H35N/c1-13(16(2,3)4)18-12-14-8-10-15(11-9-14)17(5,6)7/h13-15,18H,8-12H2,1-7H3. The van der Waals surface area contributed by atoms with Crippen molar-refractivity contribution in [2.45, 2.75) is 80.2 Å². The van der Waals surface area contributed by atoms with Gasteiger partial charge in [0.15, 0.2) is 0 Å². The first-order valence-corrected chi connectivity index (χ1v) is 7.84. The fourth-order valence-corrected chi connectivity index (χ4v) is 2.88. The van der Waals surface area contributed by atoms with E-state index < -0.39 is 0 Å². The minimum Gasteiger partial charge on any atom is -0.313 e.